The Morgan fingerprint density at radius 3 is 2.38 bits per heavy atom. The van der Waals surface area contributed by atoms with Gasteiger partial charge >= 0.3 is 0 Å². The van der Waals surface area contributed by atoms with Crippen LogP contribution in [0.4, 0.5) is 0 Å². The average molecular weight is 243 g/mol. The maximum absolute atomic E-state index is 3.68. The summed E-state index contributed by atoms with van der Waals surface area (Å²) in [5.74, 6) is 0.686. The highest BCUT2D eigenvalue weighted by molar-refractivity contribution is 9.11. The molecule has 0 fully saturated rings. The lowest BCUT2D eigenvalue weighted by Gasteiger charge is -2.10. The number of hydrogen-bond acceptors (Lipinski definition) is 0. The van der Waals surface area contributed by atoms with Gasteiger partial charge < -0.3 is 0 Å². The van der Waals surface area contributed by atoms with E-state index < -0.39 is 0 Å². The highest BCUT2D eigenvalue weighted by Crippen LogP contribution is 2.18. The van der Waals surface area contributed by atoms with Gasteiger partial charge in [-0.2, -0.15) is 0 Å². The van der Waals surface area contributed by atoms with Crippen molar-refractivity contribution >= 4 is 15.9 Å². The third kappa shape index (κ3) is 5.09. The van der Waals surface area contributed by atoms with Crippen LogP contribution in [-0.4, -0.2) is 0 Å². The van der Waals surface area contributed by atoms with E-state index in [1.54, 1.807) is 6.08 Å². The number of halogens is 1. The van der Waals surface area contributed by atoms with Crippen LogP contribution in [0.15, 0.2) is 34.9 Å². The first-order chi connectivity index (χ1) is 6.15. The van der Waals surface area contributed by atoms with Gasteiger partial charge in [0.1, 0.15) is 0 Å². The van der Waals surface area contributed by atoms with Crippen molar-refractivity contribution in [2.24, 2.45) is 5.92 Å². The molecule has 0 heterocycles. The van der Waals surface area contributed by atoms with Gasteiger partial charge in [0, 0.05) is 4.48 Å². The molecule has 0 aliphatic heterocycles. The van der Waals surface area contributed by atoms with E-state index in [1.807, 2.05) is 0 Å². The maximum Gasteiger partial charge on any atom is 0.0169 e. The lowest BCUT2D eigenvalue weighted by Crippen LogP contribution is -1.95. The summed E-state index contributed by atoms with van der Waals surface area (Å²) in [4.78, 5) is 0. The molecule has 1 heteroatoms. The van der Waals surface area contributed by atoms with E-state index in [2.05, 4.69) is 55.4 Å². The van der Waals surface area contributed by atoms with E-state index in [0.717, 1.165) is 10.9 Å². The summed E-state index contributed by atoms with van der Waals surface area (Å²) in [5.41, 5.74) is 1.50. The molecule has 0 nitrogen and oxygen atoms in total. The summed E-state index contributed by atoms with van der Waals surface area (Å²) in [6, 6.07) is 0. The molecule has 0 amide bonds. The van der Waals surface area contributed by atoms with Gasteiger partial charge in [-0.05, 0) is 24.8 Å². The van der Waals surface area contributed by atoms with Gasteiger partial charge in [-0.3, -0.25) is 0 Å². The van der Waals surface area contributed by atoms with Crippen molar-refractivity contribution in [2.45, 2.75) is 33.6 Å². The predicted molar refractivity (Wildman–Crippen MR) is 65.0 cm³/mol. The smallest absolute Gasteiger partial charge is 0.0169 e. The minimum absolute atomic E-state index is 0.686. The van der Waals surface area contributed by atoms with E-state index in [-0.39, 0.29) is 0 Å². The molecule has 0 aliphatic carbocycles. The van der Waals surface area contributed by atoms with Gasteiger partial charge in [0.2, 0.25) is 0 Å². The van der Waals surface area contributed by atoms with Crippen molar-refractivity contribution in [3.05, 3.63) is 34.9 Å². The molecule has 0 radical (unpaired) electrons. The zero-order valence-electron chi connectivity index (χ0n) is 8.81. The summed E-state index contributed by atoms with van der Waals surface area (Å²) in [5, 5.41) is 0. The van der Waals surface area contributed by atoms with Crippen LogP contribution in [0.25, 0.3) is 0 Å². The maximum atomic E-state index is 3.68. The summed E-state index contributed by atoms with van der Waals surface area (Å²) in [6.45, 7) is 10.4. The molecule has 0 aromatic rings. The first-order valence-corrected chi connectivity index (χ1v) is 5.63. The monoisotopic (exact) mass is 242 g/mol. The Hall–Kier alpha value is -0.300. The van der Waals surface area contributed by atoms with E-state index >= 15 is 0 Å². The molecule has 0 spiro atoms. The molecule has 0 aromatic carbocycles. The Balaban J connectivity index is 4.47. The quantitative estimate of drug-likeness (QED) is 0.606. The average Bonchev–Trinajstić information content (AvgIpc) is 2.17. The van der Waals surface area contributed by atoms with Gasteiger partial charge in [-0.1, -0.05) is 61.0 Å². The van der Waals surface area contributed by atoms with Crippen LogP contribution in [0.1, 0.15) is 33.6 Å². The van der Waals surface area contributed by atoms with Gasteiger partial charge in [0.05, 0.1) is 0 Å². The molecule has 13 heavy (non-hydrogen) atoms. The first kappa shape index (κ1) is 12.7. The van der Waals surface area contributed by atoms with Crippen LogP contribution in [-0.2, 0) is 0 Å². The highest BCUT2D eigenvalue weighted by Gasteiger charge is 2.02. The molecule has 0 N–H and O–H groups in total. The van der Waals surface area contributed by atoms with Crippen LogP contribution in [0.3, 0.4) is 0 Å². The van der Waals surface area contributed by atoms with E-state index in [1.165, 1.54) is 12.0 Å². The SMILES string of the molecule is C=CC(Br)=CC=C(CC)C(C)CC. The standard InChI is InChI=1S/C12H19Br/c1-5-10(4)11(6-2)8-9-12(13)7-3/h7-10H,3,5-6H2,1-2,4H3. The Labute approximate surface area is 90.6 Å². The van der Waals surface area contributed by atoms with Crippen LogP contribution in [0.2, 0.25) is 0 Å². The molecule has 0 aliphatic rings. The summed E-state index contributed by atoms with van der Waals surface area (Å²) in [6.07, 6.45) is 8.40. The zero-order valence-corrected chi connectivity index (χ0v) is 10.4. The molecule has 0 saturated heterocycles. The van der Waals surface area contributed by atoms with Crippen LogP contribution in [0, 0.1) is 5.92 Å². The van der Waals surface area contributed by atoms with Crippen molar-refractivity contribution in [1.82, 2.24) is 0 Å². The summed E-state index contributed by atoms with van der Waals surface area (Å²) >= 11 is 3.40. The topological polar surface area (TPSA) is 0 Å². The molecule has 74 valence electrons. The lowest BCUT2D eigenvalue weighted by molar-refractivity contribution is 0.633. The van der Waals surface area contributed by atoms with E-state index in [9.17, 15) is 0 Å². The minimum Gasteiger partial charge on any atom is -0.0979 e. The molecular formula is C12H19Br. The predicted octanol–water partition coefficient (Wildman–Crippen LogP) is 4.83. The molecule has 0 bridgehead atoms. The summed E-state index contributed by atoms with van der Waals surface area (Å²) < 4.78 is 1.04. The zero-order chi connectivity index (χ0) is 10.3. The van der Waals surface area contributed by atoms with Crippen LogP contribution < -0.4 is 0 Å². The number of rotatable bonds is 5. The van der Waals surface area contributed by atoms with Crippen LogP contribution in [0.5, 0.6) is 0 Å². The Morgan fingerprint density at radius 1 is 1.38 bits per heavy atom. The fourth-order valence-electron chi connectivity index (χ4n) is 1.15. The van der Waals surface area contributed by atoms with Crippen molar-refractivity contribution in [3.63, 3.8) is 0 Å². The Morgan fingerprint density at radius 2 is 2.00 bits per heavy atom. The van der Waals surface area contributed by atoms with Gasteiger partial charge in [0.25, 0.3) is 0 Å². The molecular weight excluding hydrogens is 224 g/mol. The van der Waals surface area contributed by atoms with Gasteiger partial charge in [-0.15, -0.1) is 0 Å². The van der Waals surface area contributed by atoms with Crippen molar-refractivity contribution in [2.75, 3.05) is 0 Å². The Kier molecular flexibility index (Phi) is 6.97. The van der Waals surface area contributed by atoms with E-state index in [4.69, 9.17) is 0 Å². The molecule has 1 unspecified atom stereocenters. The normalized spacial score (nSPS) is 15.7. The molecule has 1 atom stereocenters. The molecule has 0 saturated carbocycles. The Bertz CT molecular complexity index is 211. The van der Waals surface area contributed by atoms with Crippen molar-refractivity contribution < 1.29 is 0 Å². The van der Waals surface area contributed by atoms with Crippen LogP contribution >= 0.6 is 15.9 Å². The number of allylic oxidation sites excluding steroid dienone is 5. The fraction of sp³-hybridized carbons (Fsp3) is 0.500. The summed E-state index contributed by atoms with van der Waals surface area (Å²) in [7, 11) is 0. The van der Waals surface area contributed by atoms with Crippen molar-refractivity contribution in [3.8, 4) is 0 Å². The lowest BCUT2D eigenvalue weighted by atomic mass is 9.96. The van der Waals surface area contributed by atoms with Crippen molar-refractivity contribution in [1.29, 1.82) is 0 Å². The third-order valence-electron chi connectivity index (χ3n) is 2.31. The van der Waals surface area contributed by atoms with Gasteiger partial charge in [-0.25, -0.2) is 0 Å². The second-order valence-corrected chi connectivity index (χ2v) is 4.08. The first-order valence-electron chi connectivity index (χ1n) is 4.84. The van der Waals surface area contributed by atoms with E-state index in [0.29, 0.717) is 5.92 Å². The highest BCUT2D eigenvalue weighted by atomic mass is 79.9. The second-order valence-electron chi connectivity index (χ2n) is 3.16. The second kappa shape index (κ2) is 7.14. The fourth-order valence-corrected chi connectivity index (χ4v) is 1.28. The van der Waals surface area contributed by atoms with Gasteiger partial charge in [0.15, 0.2) is 0 Å². The number of hydrogen-bond donors (Lipinski definition) is 0. The third-order valence-corrected chi connectivity index (χ3v) is 2.89. The molecule has 0 rings (SSSR count). The minimum atomic E-state index is 0.686. The molecule has 0 aromatic heterocycles. The largest absolute Gasteiger partial charge is 0.0979 e.